The molecule has 0 radical (unpaired) electrons. The number of benzene rings is 2. The molecule has 2 aromatic rings. The zero-order valence-electron chi connectivity index (χ0n) is 20.0. The van der Waals surface area contributed by atoms with E-state index in [1.54, 1.807) is 16.7 Å². The van der Waals surface area contributed by atoms with Crippen LogP contribution in [0.25, 0.3) is 0 Å². The van der Waals surface area contributed by atoms with Gasteiger partial charge in [0.2, 0.25) is 5.91 Å². The maximum Gasteiger partial charge on any atom is 0.255 e. The maximum atomic E-state index is 13.3. The molecular weight excluding hydrogens is 432 g/mol. The highest BCUT2D eigenvalue weighted by molar-refractivity contribution is 7.99. The van der Waals surface area contributed by atoms with E-state index in [-0.39, 0.29) is 11.8 Å². The Kier molecular flexibility index (Phi) is 7.29. The quantitative estimate of drug-likeness (QED) is 0.722. The monoisotopic (exact) mass is 466 g/mol. The molecule has 176 valence electrons. The van der Waals surface area contributed by atoms with Crippen molar-refractivity contribution in [2.75, 3.05) is 48.0 Å². The third kappa shape index (κ3) is 5.20. The van der Waals surface area contributed by atoms with Crippen LogP contribution in [0.3, 0.4) is 0 Å². The smallest absolute Gasteiger partial charge is 0.255 e. The van der Waals surface area contributed by atoms with Gasteiger partial charge in [-0.15, -0.1) is 11.8 Å². The van der Waals surface area contributed by atoms with Crippen molar-refractivity contribution in [3.05, 3.63) is 59.2 Å². The fraction of sp³-hybridized carbons (Fsp3) is 0.462. The molecule has 0 spiro atoms. The van der Waals surface area contributed by atoms with Gasteiger partial charge in [-0.25, -0.2) is 0 Å². The molecule has 1 N–H and O–H groups in total. The minimum atomic E-state index is -0.466. The average molecular weight is 467 g/mol. The summed E-state index contributed by atoms with van der Waals surface area (Å²) >= 11 is 1.62. The predicted octanol–water partition coefficient (Wildman–Crippen LogP) is 3.99. The van der Waals surface area contributed by atoms with E-state index in [1.807, 2.05) is 56.3 Å². The first-order valence-electron chi connectivity index (χ1n) is 11.7. The van der Waals surface area contributed by atoms with Crippen LogP contribution in [0.15, 0.2) is 42.5 Å². The summed E-state index contributed by atoms with van der Waals surface area (Å²) in [6.07, 6.45) is 0. The molecule has 2 amide bonds. The first kappa shape index (κ1) is 23.6. The number of hydrogen-bond acceptors (Lipinski definition) is 5. The molecule has 2 aromatic carbocycles. The van der Waals surface area contributed by atoms with Gasteiger partial charge >= 0.3 is 0 Å². The van der Waals surface area contributed by atoms with Gasteiger partial charge in [-0.05, 0) is 69.2 Å². The lowest BCUT2D eigenvalue weighted by atomic mass is 10.1. The highest BCUT2D eigenvalue weighted by Gasteiger charge is 2.35. The van der Waals surface area contributed by atoms with Crippen LogP contribution < -0.4 is 10.2 Å². The number of nitrogens with zero attached hydrogens (tertiary/aromatic N) is 3. The Morgan fingerprint density at radius 2 is 1.70 bits per heavy atom. The zero-order chi connectivity index (χ0) is 23.5. The van der Waals surface area contributed by atoms with E-state index in [4.69, 9.17) is 0 Å². The summed E-state index contributed by atoms with van der Waals surface area (Å²) in [6, 6.07) is 13.9. The van der Waals surface area contributed by atoms with Crippen LogP contribution in [-0.2, 0) is 4.79 Å². The van der Waals surface area contributed by atoms with E-state index < -0.39 is 6.04 Å². The maximum absolute atomic E-state index is 13.3. The number of hydrogen-bond donors (Lipinski definition) is 1. The number of piperazine rings is 1. The molecule has 2 fully saturated rings. The van der Waals surface area contributed by atoms with E-state index in [0.717, 1.165) is 48.7 Å². The third-order valence-corrected chi connectivity index (χ3v) is 7.84. The Balaban J connectivity index is 1.40. The van der Waals surface area contributed by atoms with E-state index in [2.05, 4.69) is 29.0 Å². The lowest BCUT2D eigenvalue weighted by Gasteiger charge is -2.38. The van der Waals surface area contributed by atoms with Crippen molar-refractivity contribution in [2.45, 2.75) is 39.8 Å². The van der Waals surface area contributed by atoms with Crippen LogP contribution in [-0.4, -0.2) is 71.5 Å². The molecule has 7 heteroatoms. The van der Waals surface area contributed by atoms with Crippen LogP contribution in [0, 0.1) is 13.8 Å². The van der Waals surface area contributed by atoms with E-state index >= 15 is 0 Å². The number of nitrogens with one attached hydrogen (secondary N) is 1. The first-order chi connectivity index (χ1) is 15.8. The second-order valence-corrected chi connectivity index (χ2v) is 10.2. The lowest BCUT2D eigenvalue weighted by molar-refractivity contribution is -0.119. The minimum absolute atomic E-state index is 0.0858. The van der Waals surface area contributed by atoms with Gasteiger partial charge in [-0.1, -0.05) is 12.1 Å². The Bertz CT molecular complexity index is 1000. The number of anilines is 2. The molecule has 2 aliphatic heterocycles. The molecule has 6 nitrogen and oxygen atoms in total. The minimum Gasteiger partial charge on any atom is -0.369 e. The number of thioether (sulfide) groups is 1. The number of carbonyl (C=O) groups excluding carboxylic acids is 2. The van der Waals surface area contributed by atoms with Crippen LogP contribution in [0.4, 0.5) is 11.4 Å². The molecular formula is C26H34N4O2S. The van der Waals surface area contributed by atoms with E-state index in [0.29, 0.717) is 23.2 Å². The SMILES string of the molecule is Cc1cccc(NC(=O)C2CSCN2C(=O)c2ccc(N3CCN(C(C)C)CC3)cc2)c1C. The Labute approximate surface area is 201 Å². The summed E-state index contributed by atoms with van der Waals surface area (Å²) < 4.78 is 0. The van der Waals surface area contributed by atoms with Crippen LogP contribution >= 0.6 is 11.8 Å². The molecule has 0 aromatic heterocycles. The van der Waals surface area contributed by atoms with Crippen LogP contribution in [0.2, 0.25) is 0 Å². The molecule has 2 aliphatic rings. The summed E-state index contributed by atoms with van der Waals surface area (Å²) in [5.41, 5.74) is 4.78. The van der Waals surface area contributed by atoms with Gasteiger partial charge in [-0.2, -0.15) is 0 Å². The second-order valence-electron chi connectivity index (χ2n) is 9.19. The fourth-order valence-corrected chi connectivity index (χ4v) is 5.59. The van der Waals surface area contributed by atoms with Crippen molar-refractivity contribution < 1.29 is 9.59 Å². The number of carbonyl (C=O) groups is 2. The third-order valence-electron chi connectivity index (χ3n) is 6.83. The topological polar surface area (TPSA) is 55.9 Å². The molecule has 0 aliphatic carbocycles. The molecule has 2 saturated heterocycles. The highest BCUT2D eigenvalue weighted by Crippen LogP contribution is 2.27. The van der Waals surface area contributed by atoms with Gasteiger partial charge < -0.3 is 15.1 Å². The summed E-state index contributed by atoms with van der Waals surface area (Å²) in [4.78, 5) is 32.8. The summed E-state index contributed by atoms with van der Waals surface area (Å²) in [5.74, 6) is 0.933. The van der Waals surface area contributed by atoms with Gasteiger partial charge in [0.15, 0.2) is 0 Å². The first-order valence-corrected chi connectivity index (χ1v) is 12.9. The fourth-order valence-electron chi connectivity index (χ4n) is 4.44. The summed E-state index contributed by atoms with van der Waals surface area (Å²) in [5, 5.41) is 3.04. The number of aryl methyl sites for hydroxylation is 1. The van der Waals surface area contributed by atoms with Gasteiger partial charge in [0.1, 0.15) is 6.04 Å². The van der Waals surface area contributed by atoms with Crippen molar-refractivity contribution in [3.8, 4) is 0 Å². The largest absolute Gasteiger partial charge is 0.369 e. The Morgan fingerprint density at radius 3 is 2.36 bits per heavy atom. The average Bonchev–Trinajstić information content (AvgIpc) is 3.32. The van der Waals surface area contributed by atoms with Crippen molar-refractivity contribution >= 4 is 35.0 Å². The molecule has 4 rings (SSSR count). The van der Waals surface area contributed by atoms with Crippen LogP contribution in [0.1, 0.15) is 35.3 Å². The van der Waals surface area contributed by atoms with Crippen molar-refractivity contribution in [3.63, 3.8) is 0 Å². The lowest BCUT2D eigenvalue weighted by Crippen LogP contribution is -2.48. The molecule has 33 heavy (non-hydrogen) atoms. The standard InChI is InChI=1S/C26H34N4O2S/c1-18(2)28-12-14-29(15-13-28)22-10-8-21(9-11-22)26(32)30-17-33-16-24(30)25(31)27-23-7-5-6-19(3)20(23)4/h5-11,18,24H,12-17H2,1-4H3,(H,27,31). The summed E-state index contributed by atoms with van der Waals surface area (Å²) in [6.45, 7) is 12.6. The molecule has 0 saturated carbocycles. The summed E-state index contributed by atoms with van der Waals surface area (Å²) in [7, 11) is 0. The molecule has 0 bridgehead atoms. The highest BCUT2D eigenvalue weighted by atomic mass is 32.2. The van der Waals surface area contributed by atoms with Crippen LogP contribution in [0.5, 0.6) is 0 Å². The zero-order valence-corrected chi connectivity index (χ0v) is 20.8. The van der Waals surface area contributed by atoms with Crippen molar-refractivity contribution in [1.29, 1.82) is 0 Å². The second kappa shape index (κ2) is 10.2. The van der Waals surface area contributed by atoms with Crippen molar-refractivity contribution in [2.24, 2.45) is 0 Å². The van der Waals surface area contributed by atoms with Gasteiger partial charge in [0.25, 0.3) is 5.91 Å². The van der Waals surface area contributed by atoms with Gasteiger partial charge in [-0.3, -0.25) is 14.5 Å². The molecule has 1 unspecified atom stereocenters. The Hall–Kier alpha value is -2.51. The normalized spacial score (nSPS) is 19.2. The van der Waals surface area contributed by atoms with Gasteiger partial charge in [0, 0.05) is 54.9 Å². The molecule has 2 heterocycles. The number of amides is 2. The van der Waals surface area contributed by atoms with E-state index in [9.17, 15) is 9.59 Å². The number of rotatable bonds is 5. The van der Waals surface area contributed by atoms with Gasteiger partial charge in [0.05, 0.1) is 5.88 Å². The Morgan fingerprint density at radius 1 is 1.00 bits per heavy atom. The van der Waals surface area contributed by atoms with E-state index in [1.165, 1.54) is 0 Å². The predicted molar refractivity (Wildman–Crippen MR) is 137 cm³/mol. The molecule has 1 atom stereocenters. The van der Waals surface area contributed by atoms with Crippen molar-refractivity contribution in [1.82, 2.24) is 9.80 Å².